The smallest absolute Gasteiger partial charge is 0.322 e. The number of hydrogen-bond donors (Lipinski definition) is 7. The van der Waals surface area contributed by atoms with Crippen molar-refractivity contribution in [2.24, 2.45) is 11.7 Å². The summed E-state index contributed by atoms with van der Waals surface area (Å²) < 4.78 is 0. The van der Waals surface area contributed by atoms with Gasteiger partial charge in [0.2, 0.25) is 23.6 Å². The highest BCUT2D eigenvalue weighted by atomic mass is 16.4. The molecule has 0 unspecified atom stereocenters. The number of nitrogens with two attached hydrogens (primary N) is 1. The number of aliphatic carboxylic acids is 1. The lowest BCUT2D eigenvalue weighted by molar-refractivity contribution is -0.144. The van der Waals surface area contributed by atoms with Crippen molar-refractivity contribution in [1.82, 2.24) is 20.9 Å². The third-order valence-electron chi connectivity index (χ3n) is 6.33. The molecule has 1 aromatic carbocycles. The number of benzene rings is 1. The number of rotatable bonds is 12. The third kappa shape index (κ3) is 8.42. The first-order chi connectivity index (χ1) is 17.8. The molecule has 0 spiro atoms. The summed E-state index contributed by atoms with van der Waals surface area (Å²) in [5, 5.41) is 36.1. The van der Waals surface area contributed by atoms with Crippen LogP contribution in [0.3, 0.4) is 0 Å². The zero-order valence-electron chi connectivity index (χ0n) is 21.7. The molecule has 5 atom stereocenters. The first kappa shape index (κ1) is 30.5. The van der Waals surface area contributed by atoms with Gasteiger partial charge in [-0.2, -0.15) is 0 Å². The van der Waals surface area contributed by atoms with Gasteiger partial charge in [0.05, 0.1) is 12.1 Å². The molecule has 1 saturated heterocycles. The zero-order valence-corrected chi connectivity index (χ0v) is 21.7. The third-order valence-corrected chi connectivity index (χ3v) is 6.33. The quantitative estimate of drug-likeness (QED) is 0.165. The van der Waals surface area contributed by atoms with Crippen molar-refractivity contribution in [1.29, 1.82) is 0 Å². The lowest BCUT2D eigenvalue weighted by Crippen LogP contribution is -2.61. The van der Waals surface area contributed by atoms with Crippen molar-refractivity contribution in [3.8, 4) is 5.75 Å². The Kier molecular flexibility index (Phi) is 11.0. The second kappa shape index (κ2) is 13.7. The Labute approximate surface area is 220 Å². The van der Waals surface area contributed by atoms with Crippen LogP contribution in [-0.4, -0.2) is 93.2 Å². The zero-order chi connectivity index (χ0) is 28.6. The Bertz CT molecular complexity index is 1010. The molecule has 13 heteroatoms. The average molecular weight is 536 g/mol. The number of carboxylic acids is 1. The minimum Gasteiger partial charge on any atom is -0.508 e. The molecule has 210 valence electrons. The van der Waals surface area contributed by atoms with E-state index in [9.17, 15) is 34.2 Å². The number of nitrogens with one attached hydrogen (secondary N) is 3. The van der Waals surface area contributed by atoms with E-state index < -0.39 is 66.4 Å². The maximum absolute atomic E-state index is 13.3. The number of aliphatic hydroxyl groups is 1. The molecule has 13 nitrogen and oxygen atoms in total. The molecule has 1 aliphatic heterocycles. The Morgan fingerprint density at radius 2 is 1.68 bits per heavy atom. The molecule has 0 radical (unpaired) electrons. The lowest BCUT2D eigenvalue weighted by Gasteiger charge is -2.31. The number of amides is 4. The molecular formula is C25H37N5O8. The fourth-order valence-electron chi connectivity index (χ4n) is 4.05. The van der Waals surface area contributed by atoms with Crippen LogP contribution in [0.25, 0.3) is 0 Å². The van der Waals surface area contributed by atoms with Crippen molar-refractivity contribution in [3.63, 3.8) is 0 Å². The van der Waals surface area contributed by atoms with Crippen LogP contribution in [0.2, 0.25) is 0 Å². The normalized spacial score (nSPS) is 18.3. The summed E-state index contributed by atoms with van der Waals surface area (Å²) in [5.74, 6) is -4.11. The molecule has 8 N–H and O–H groups in total. The molecule has 0 aromatic heterocycles. The van der Waals surface area contributed by atoms with Crippen LogP contribution in [0.5, 0.6) is 5.75 Å². The molecule has 0 saturated carbocycles. The van der Waals surface area contributed by atoms with Gasteiger partial charge in [-0.05, 0) is 43.4 Å². The van der Waals surface area contributed by atoms with Gasteiger partial charge in [-0.15, -0.1) is 0 Å². The topological polar surface area (TPSA) is 211 Å². The highest BCUT2D eigenvalue weighted by Crippen LogP contribution is 2.20. The van der Waals surface area contributed by atoms with E-state index in [4.69, 9.17) is 10.8 Å². The number of phenols is 1. The Morgan fingerprint density at radius 3 is 2.24 bits per heavy atom. The largest absolute Gasteiger partial charge is 0.508 e. The Balaban J connectivity index is 2.23. The van der Waals surface area contributed by atoms with Crippen LogP contribution in [0, 0.1) is 5.92 Å². The summed E-state index contributed by atoms with van der Waals surface area (Å²) in [5.41, 5.74) is 6.54. The van der Waals surface area contributed by atoms with E-state index in [1.807, 2.05) is 0 Å². The summed E-state index contributed by atoms with van der Waals surface area (Å²) in [7, 11) is 0. The molecule has 0 aliphatic carbocycles. The molecular weight excluding hydrogens is 498 g/mol. The minimum absolute atomic E-state index is 0.00726. The minimum atomic E-state index is -1.44. The van der Waals surface area contributed by atoms with E-state index in [1.165, 1.54) is 24.0 Å². The summed E-state index contributed by atoms with van der Waals surface area (Å²) in [4.78, 5) is 63.8. The van der Waals surface area contributed by atoms with E-state index in [0.29, 0.717) is 18.4 Å². The molecule has 2 rings (SSSR count). The van der Waals surface area contributed by atoms with Gasteiger partial charge in [0.1, 0.15) is 30.4 Å². The van der Waals surface area contributed by atoms with Gasteiger partial charge in [-0.1, -0.05) is 26.0 Å². The van der Waals surface area contributed by atoms with E-state index in [-0.39, 0.29) is 24.6 Å². The fourth-order valence-corrected chi connectivity index (χ4v) is 4.05. The van der Waals surface area contributed by atoms with E-state index in [1.54, 1.807) is 26.0 Å². The van der Waals surface area contributed by atoms with Crippen LogP contribution in [-0.2, 0) is 30.4 Å². The number of likely N-dealkylation sites (tertiary alicyclic amines) is 1. The van der Waals surface area contributed by atoms with Crippen molar-refractivity contribution >= 4 is 29.6 Å². The number of hydrogen-bond acceptors (Lipinski definition) is 8. The Hall–Kier alpha value is -3.71. The number of carboxylic acid groups (broad SMARTS) is 1. The van der Waals surface area contributed by atoms with Gasteiger partial charge in [0.25, 0.3) is 0 Å². The monoisotopic (exact) mass is 535 g/mol. The van der Waals surface area contributed by atoms with Gasteiger partial charge in [-0.25, -0.2) is 0 Å². The van der Waals surface area contributed by atoms with E-state index >= 15 is 0 Å². The average Bonchev–Trinajstić information content (AvgIpc) is 3.35. The molecule has 1 fully saturated rings. The van der Waals surface area contributed by atoms with Crippen LogP contribution < -0.4 is 21.7 Å². The maximum Gasteiger partial charge on any atom is 0.322 e. The number of carbonyl (C=O) groups is 5. The van der Waals surface area contributed by atoms with Crippen LogP contribution in [0.1, 0.15) is 39.2 Å². The second-order valence-corrected chi connectivity index (χ2v) is 9.73. The Morgan fingerprint density at radius 1 is 1.05 bits per heavy atom. The van der Waals surface area contributed by atoms with Crippen molar-refractivity contribution in [2.45, 2.75) is 70.3 Å². The van der Waals surface area contributed by atoms with Gasteiger partial charge >= 0.3 is 5.97 Å². The summed E-state index contributed by atoms with van der Waals surface area (Å²) in [6.07, 6.45) is -0.570. The summed E-state index contributed by atoms with van der Waals surface area (Å²) in [6, 6.07) is 1.56. The number of aliphatic hydroxyl groups excluding tert-OH is 1. The highest BCUT2D eigenvalue weighted by Gasteiger charge is 2.40. The lowest BCUT2D eigenvalue weighted by atomic mass is 10.0. The van der Waals surface area contributed by atoms with Crippen LogP contribution in [0.15, 0.2) is 24.3 Å². The number of phenolic OH excluding ortho intramolecular Hbond substituents is 1. The van der Waals surface area contributed by atoms with Crippen molar-refractivity contribution < 1.29 is 39.3 Å². The molecule has 4 amide bonds. The molecule has 1 aliphatic rings. The van der Waals surface area contributed by atoms with Crippen LogP contribution in [0.4, 0.5) is 0 Å². The van der Waals surface area contributed by atoms with Crippen molar-refractivity contribution in [3.05, 3.63) is 29.8 Å². The van der Waals surface area contributed by atoms with Crippen molar-refractivity contribution in [2.75, 3.05) is 13.1 Å². The molecule has 0 bridgehead atoms. The van der Waals surface area contributed by atoms with Crippen LogP contribution >= 0.6 is 0 Å². The first-order valence-corrected chi connectivity index (χ1v) is 12.4. The van der Waals surface area contributed by atoms with E-state index in [0.717, 1.165) is 0 Å². The number of carbonyl (C=O) groups excluding carboxylic acids is 4. The summed E-state index contributed by atoms with van der Waals surface area (Å²) in [6.45, 7) is 4.38. The van der Waals surface area contributed by atoms with E-state index in [2.05, 4.69) is 16.0 Å². The van der Waals surface area contributed by atoms with Gasteiger partial charge in [-0.3, -0.25) is 24.0 Å². The first-order valence-electron chi connectivity index (χ1n) is 12.4. The van der Waals surface area contributed by atoms with Gasteiger partial charge in [0.15, 0.2) is 0 Å². The van der Waals surface area contributed by atoms with Gasteiger partial charge in [0, 0.05) is 13.0 Å². The second-order valence-electron chi connectivity index (χ2n) is 9.73. The number of aromatic hydroxyl groups is 1. The molecule has 38 heavy (non-hydrogen) atoms. The number of nitrogens with zero attached hydrogens (tertiary/aromatic N) is 1. The summed E-state index contributed by atoms with van der Waals surface area (Å²) >= 11 is 0. The predicted molar refractivity (Wildman–Crippen MR) is 136 cm³/mol. The maximum atomic E-state index is 13.3. The fraction of sp³-hybridized carbons (Fsp3) is 0.560. The standard InChI is InChI=1S/C25H37N5O8/c1-13(2)20(26)24(37)28-17(11-15-6-8-16(32)9-7-15)22(35)29-21(14(3)31)25(38)30-10-4-5-18(30)23(36)27-12-19(33)34/h6-9,13-14,17-18,20-21,31-32H,4-5,10-12,26H2,1-3H3,(H,27,36)(H,28,37)(H,29,35)(H,33,34)/t14-,17+,18+,20+,21+/m1/s1. The predicted octanol–water partition coefficient (Wildman–Crippen LogP) is -1.54. The molecule has 1 aromatic rings. The van der Waals surface area contributed by atoms with Gasteiger partial charge < -0.3 is 41.9 Å². The highest BCUT2D eigenvalue weighted by molar-refractivity contribution is 5.95. The SMILES string of the molecule is CC(C)[C@H](N)C(=O)N[C@@H](Cc1ccc(O)cc1)C(=O)N[C@H](C(=O)N1CCC[C@H]1C(=O)NCC(=O)O)[C@@H](C)O. The molecule has 1 heterocycles.